The van der Waals surface area contributed by atoms with Crippen molar-refractivity contribution >= 4 is 5.97 Å². The molecule has 0 aromatic rings. The SMILES string of the molecule is C=CC(=O)OCC[N+](C)(C)C(C)CCCCCCCCCCC.[Br-]. The van der Waals surface area contributed by atoms with Crippen LogP contribution in [0.25, 0.3) is 0 Å². The van der Waals surface area contributed by atoms with Gasteiger partial charge in [0.2, 0.25) is 0 Å². The minimum absolute atomic E-state index is 0. The fraction of sp³-hybridized carbons (Fsp3) is 0.850. The Morgan fingerprint density at radius 3 is 2.04 bits per heavy atom. The van der Waals surface area contributed by atoms with Crippen LogP contribution >= 0.6 is 0 Å². The van der Waals surface area contributed by atoms with Crippen LogP contribution in [0, 0.1) is 0 Å². The Balaban J connectivity index is 0. The van der Waals surface area contributed by atoms with E-state index in [1.54, 1.807) is 0 Å². The summed E-state index contributed by atoms with van der Waals surface area (Å²) in [6, 6.07) is 0.599. The fourth-order valence-electron chi connectivity index (χ4n) is 2.76. The number of quaternary nitrogens is 1. The zero-order valence-electron chi connectivity index (χ0n) is 16.5. The molecule has 0 bridgehead atoms. The molecule has 1 unspecified atom stereocenters. The van der Waals surface area contributed by atoms with E-state index in [9.17, 15) is 4.79 Å². The molecule has 0 fully saturated rings. The van der Waals surface area contributed by atoms with Gasteiger partial charge in [-0.3, -0.25) is 0 Å². The van der Waals surface area contributed by atoms with E-state index in [0.29, 0.717) is 12.6 Å². The molecule has 0 aromatic carbocycles. The zero-order chi connectivity index (χ0) is 17.6. The van der Waals surface area contributed by atoms with Gasteiger partial charge in [0, 0.05) is 6.08 Å². The molecule has 3 nitrogen and oxygen atoms in total. The molecule has 0 spiro atoms. The van der Waals surface area contributed by atoms with Gasteiger partial charge in [-0.2, -0.15) is 0 Å². The highest BCUT2D eigenvalue weighted by atomic mass is 79.9. The van der Waals surface area contributed by atoms with Gasteiger partial charge in [0.25, 0.3) is 0 Å². The Kier molecular flexibility index (Phi) is 17.4. The summed E-state index contributed by atoms with van der Waals surface area (Å²) in [5.74, 6) is -0.323. The molecule has 0 rings (SSSR count). The second-order valence-electron chi connectivity index (χ2n) is 7.34. The van der Waals surface area contributed by atoms with Crippen molar-refractivity contribution in [3.8, 4) is 0 Å². The lowest BCUT2D eigenvalue weighted by atomic mass is 10.0. The van der Waals surface area contributed by atoms with E-state index < -0.39 is 0 Å². The minimum atomic E-state index is -0.323. The third-order valence-electron chi connectivity index (χ3n) is 5.00. The summed E-state index contributed by atoms with van der Waals surface area (Å²) in [6.45, 7) is 9.32. The number of hydrogen-bond donors (Lipinski definition) is 0. The molecular formula is C20H40BrNO2. The molecule has 4 heteroatoms. The maximum absolute atomic E-state index is 11.1. The van der Waals surface area contributed by atoms with E-state index in [1.807, 2.05) is 0 Å². The quantitative estimate of drug-likeness (QED) is 0.180. The van der Waals surface area contributed by atoms with Gasteiger partial charge in [-0.15, -0.1) is 0 Å². The second kappa shape index (κ2) is 16.1. The van der Waals surface area contributed by atoms with Gasteiger partial charge in [-0.1, -0.05) is 64.9 Å². The van der Waals surface area contributed by atoms with Crippen molar-refractivity contribution in [1.82, 2.24) is 0 Å². The summed E-state index contributed by atoms with van der Waals surface area (Å²) in [5.41, 5.74) is 0. The molecule has 0 aliphatic rings. The highest BCUT2D eigenvalue weighted by molar-refractivity contribution is 5.81. The zero-order valence-corrected chi connectivity index (χ0v) is 18.1. The van der Waals surface area contributed by atoms with Gasteiger partial charge >= 0.3 is 5.97 Å². The lowest BCUT2D eigenvalue weighted by Crippen LogP contribution is -3.00. The number of ether oxygens (including phenoxy) is 1. The number of rotatable bonds is 15. The van der Waals surface area contributed by atoms with Crippen LogP contribution in [-0.2, 0) is 9.53 Å². The number of halogens is 1. The lowest BCUT2D eigenvalue weighted by molar-refractivity contribution is -0.913. The van der Waals surface area contributed by atoms with Crippen LogP contribution in [0.2, 0.25) is 0 Å². The molecule has 0 saturated carbocycles. The highest BCUT2D eigenvalue weighted by Crippen LogP contribution is 2.16. The Morgan fingerprint density at radius 2 is 1.54 bits per heavy atom. The number of carbonyl (C=O) groups is 1. The summed E-state index contributed by atoms with van der Waals surface area (Å²) >= 11 is 0. The van der Waals surface area contributed by atoms with E-state index in [0.717, 1.165) is 11.0 Å². The predicted octanol–water partition coefficient (Wildman–Crippen LogP) is 2.11. The third-order valence-corrected chi connectivity index (χ3v) is 5.00. The summed E-state index contributed by atoms with van der Waals surface area (Å²) < 4.78 is 6.01. The van der Waals surface area contributed by atoms with E-state index in [2.05, 4.69) is 34.5 Å². The molecule has 0 aromatic heterocycles. The molecule has 0 saturated heterocycles. The van der Waals surface area contributed by atoms with E-state index in [1.165, 1.54) is 70.3 Å². The van der Waals surface area contributed by atoms with E-state index in [-0.39, 0.29) is 23.0 Å². The maximum Gasteiger partial charge on any atom is 0.330 e. The maximum atomic E-state index is 11.1. The summed E-state index contributed by atoms with van der Waals surface area (Å²) in [6.07, 6.45) is 14.9. The van der Waals surface area contributed by atoms with E-state index in [4.69, 9.17) is 4.74 Å². The van der Waals surface area contributed by atoms with Crippen molar-refractivity contribution in [2.24, 2.45) is 0 Å². The first-order chi connectivity index (χ1) is 10.9. The van der Waals surface area contributed by atoms with Gasteiger partial charge in [-0.25, -0.2) is 4.79 Å². The van der Waals surface area contributed by atoms with Gasteiger partial charge in [0.1, 0.15) is 13.2 Å². The molecule has 0 amide bonds. The number of likely N-dealkylation sites (N-methyl/N-ethyl adjacent to an activating group) is 1. The molecule has 0 radical (unpaired) electrons. The third kappa shape index (κ3) is 14.0. The Hall–Kier alpha value is -0.350. The van der Waals surface area contributed by atoms with Crippen molar-refractivity contribution in [1.29, 1.82) is 0 Å². The summed E-state index contributed by atoms with van der Waals surface area (Å²) in [7, 11) is 4.44. The van der Waals surface area contributed by atoms with Gasteiger partial charge in [-0.05, 0) is 19.8 Å². The fourth-order valence-corrected chi connectivity index (χ4v) is 2.76. The van der Waals surface area contributed by atoms with Gasteiger partial charge in [0.15, 0.2) is 0 Å². The van der Waals surface area contributed by atoms with Crippen LogP contribution in [0.5, 0.6) is 0 Å². The number of hydrogen-bond acceptors (Lipinski definition) is 2. The highest BCUT2D eigenvalue weighted by Gasteiger charge is 2.23. The number of unbranched alkanes of at least 4 members (excludes halogenated alkanes) is 8. The van der Waals surface area contributed by atoms with Crippen molar-refractivity contribution in [2.75, 3.05) is 27.2 Å². The first-order valence-electron chi connectivity index (χ1n) is 9.56. The number of esters is 1. The summed E-state index contributed by atoms with van der Waals surface area (Å²) in [4.78, 5) is 11.1. The van der Waals surface area contributed by atoms with Crippen molar-refractivity contribution < 1.29 is 31.0 Å². The van der Waals surface area contributed by atoms with E-state index >= 15 is 0 Å². The van der Waals surface area contributed by atoms with Gasteiger partial charge < -0.3 is 26.2 Å². The normalized spacial score (nSPS) is 12.3. The van der Waals surface area contributed by atoms with Crippen LogP contribution < -0.4 is 17.0 Å². The number of carbonyl (C=O) groups excluding carboxylic acids is 1. The topological polar surface area (TPSA) is 26.3 Å². The van der Waals surface area contributed by atoms with Crippen molar-refractivity contribution in [3.05, 3.63) is 12.7 Å². The van der Waals surface area contributed by atoms with Gasteiger partial charge in [0.05, 0.1) is 20.1 Å². The lowest BCUT2D eigenvalue weighted by Gasteiger charge is -2.36. The second-order valence-corrected chi connectivity index (χ2v) is 7.34. The average Bonchev–Trinajstić information content (AvgIpc) is 2.52. The minimum Gasteiger partial charge on any atom is -1.00 e. The monoisotopic (exact) mass is 405 g/mol. The molecule has 0 aliphatic heterocycles. The van der Waals surface area contributed by atoms with Crippen LogP contribution in [0.4, 0.5) is 0 Å². The average molecular weight is 406 g/mol. The Bertz CT molecular complexity index is 319. The molecule has 0 N–H and O–H groups in total. The van der Waals surface area contributed by atoms with Crippen LogP contribution in [0.1, 0.15) is 78.1 Å². The smallest absolute Gasteiger partial charge is 0.330 e. The van der Waals surface area contributed by atoms with Crippen LogP contribution in [0.3, 0.4) is 0 Å². The summed E-state index contributed by atoms with van der Waals surface area (Å²) in [5, 5.41) is 0. The standard InChI is InChI=1S/C20H40NO2.BrH/c1-6-8-9-10-11-12-13-14-15-16-19(3)21(4,5)17-18-23-20(22)7-2;/h7,19H,2,6,8-18H2,1,3-5H3;1H/q+1;/p-1. The Labute approximate surface area is 161 Å². The Morgan fingerprint density at radius 1 is 1.04 bits per heavy atom. The largest absolute Gasteiger partial charge is 1.00 e. The molecule has 0 heterocycles. The molecule has 0 aliphatic carbocycles. The molecule has 24 heavy (non-hydrogen) atoms. The predicted molar refractivity (Wildman–Crippen MR) is 99.4 cm³/mol. The van der Waals surface area contributed by atoms with Crippen LogP contribution in [0.15, 0.2) is 12.7 Å². The van der Waals surface area contributed by atoms with Crippen LogP contribution in [-0.4, -0.2) is 43.7 Å². The first-order valence-corrected chi connectivity index (χ1v) is 9.56. The molecule has 1 atom stereocenters. The first kappa shape index (κ1) is 25.9. The number of nitrogens with zero attached hydrogens (tertiary/aromatic N) is 1. The molecule has 144 valence electrons. The van der Waals surface area contributed by atoms with Crippen molar-refractivity contribution in [2.45, 2.75) is 84.1 Å². The van der Waals surface area contributed by atoms with Crippen molar-refractivity contribution in [3.63, 3.8) is 0 Å². The molecular weight excluding hydrogens is 366 g/mol.